The minimum Gasteiger partial charge on any atom is -0.469 e. The van der Waals surface area contributed by atoms with Crippen LogP contribution in [0, 0.1) is 10.1 Å². The van der Waals surface area contributed by atoms with E-state index in [2.05, 4.69) is 4.74 Å². The maximum absolute atomic E-state index is 11.8. The van der Waals surface area contributed by atoms with Crippen LogP contribution in [-0.4, -0.2) is 43.0 Å². The van der Waals surface area contributed by atoms with E-state index in [9.17, 15) is 19.7 Å². The number of hydrogen-bond acceptors (Lipinski definition) is 6. The summed E-state index contributed by atoms with van der Waals surface area (Å²) >= 11 is 0. The molecule has 0 fully saturated rings. The van der Waals surface area contributed by atoms with E-state index in [4.69, 9.17) is 5.73 Å². The summed E-state index contributed by atoms with van der Waals surface area (Å²) in [5.74, 6) is -0.896. The number of nitrogens with zero attached hydrogens (tertiary/aromatic N) is 2. The Balaban J connectivity index is 2.29. The van der Waals surface area contributed by atoms with Gasteiger partial charge >= 0.3 is 5.97 Å². The van der Waals surface area contributed by atoms with Crippen LogP contribution in [0.25, 0.3) is 0 Å². The van der Waals surface area contributed by atoms with Crippen molar-refractivity contribution in [3.63, 3.8) is 0 Å². The van der Waals surface area contributed by atoms with E-state index in [1.54, 1.807) is 6.07 Å². The zero-order valence-electron chi connectivity index (χ0n) is 13.8. The first-order chi connectivity index (χ1) is 11.3. The molecule has 1 aromatic rings. The van der Waals surface area contributed by atoms with Gasteiger partial charge in [0.05, 0.1) is 24.8 Å². The Bertz CT molecular complexity index is 674. The molecule has 0 aromatic heterocycles. The van der Waals surface area contributed by atoms with Gasteiger partial charge in [0.2, 0.25) is 6.04 Å². The van der Waals surface area contributed by atoms with E-state index in [1.807, 2.05) is 11.0 Å². The maximum atomic E-state index is 11.8. The van der Waals surface area contributed by atoms with Crippen molar-refractivity contribution in [2.45, 2.75) is 32.2 Å². The number of rotatable bonds is 7. The Morgan fingerprint density at radius 1 is 1.46 bits per heavy atom. The van der Waals surface area contributed by atoms with Gasteiger partial charge in [0, 0.05) is 31.4 Å². The van der Waals surface area contributed by atoms with E-state index in [0.717, 1.165) is 16.8 Å². The highest BCUT2D eigenvalue weighted by Gasteiger charge is 2.27. The van der Waals surface area contributed by atoms with Gasteiger partial charge in [-0.15, -0.1) is 0 Å². The topological polar surface area (TPSA) is 116 Å². The maximum Gasteiger partial charge on any atom is 0.307 e. The number of primary amides is 1. The lowest BCUT2D eigenvalue weighted by molar-refractivity contribution is -0.517. The zero-order valence-corrected chi connectivity index (χ0v) is 13.8. The molecule has 1 amide bonds. The molecule has 2 N–H and O–H groups in total. The van der Waals surface area contributed by atoms with E-state index in [1.165, 1.54) is 14.0 Å². The number of benzene rings is 1. The third kappa shape index (κ3) is 3.81. The second-order valence-electron chi connectivity index (χ2n) is 5.92. The molecule has 1 atom stereocenters. The molecular formula is C16H21N3O5. The minimum absolute atomic E-state index is 0.217. The number of amides is 1. The molecule has 0 aliphatic carbocycles. The molecule has 24 heavy (non-hydrogen) atoms. The van der Waals surface area contributed by atoms with Crippen LogP contribution >= 0.6 is 0 Å². The van der Waals surface area contributed by atoms with Crippen LogP contribution in [0.4, 0.5) is 5.69 Å². The Morgan fingerprint density at radius 2 is 2.17 bits per heavy atom. The second kappa shape index (κ2) is 7.29. The first kappa shape index (κ1) is 17.7. The monoisotopic (exact) mass is 335 g/mol. The van der Waals surface area contributed by atoms with Gasteiger partial charge in [-0.25, -0.2) is 0 Å². The summed E-state index contributed by atoms with van der Waals surface area (Å²) in [5.41, 5.74) is 8.23. The molecule has 1 heterocycles. The number of hydrogen-bond donors (Lipinski definition) is 1. The minimum atomic E-state index is -0.736. The summed E-state index contributed by atoms with van der Waals surface area (Å²) in [7, 11) is 1.33. The van der Waals surface area contributed by atoms with Crippen LogP contribution in [0.2, 0.25) is 0 Å². The molecule has 0 saturated carbocycles. The smallest absolute Gasteiger partial charge is 0.307 e. The number of fused-ring (bicyclic) bond motifs is 1. The van der Waals surface area contributed by atoms with Crippen LogP contribution in [-0.2, 0) is 22.4 Å². The number of carbonyl (C=O) groups is 2. The molecule has 1 aromatic carbocycles. The van der Waals surface area contributed by atoms with Gasteiger partial charge in [0.1, 0.15) is 0 Å². The Labute approximate surface area is 139 Å². The lowest BCUT2D eigenvalue weighted by Crippen LogP contribution is -2.27. The molecule has 0 saturated heterocycles. The van der Waals surface area contributed by atoms with Crippen LogP contribution in [0.1, 0.15) is 34.8 Å². The first-order valence-electron chi connectivity index (χ1n) is 7.74. The predicted molar refractivity (Wildman–Crippen MR) is 87.7 cm³/mol. The fourth-order valence-corrected chi connectivity index (χ4v) is 2.97. The number of ether oxygens (including phenoxy) is 1. The Hall–Kier alpha value is -2.64. The Kier molecular flexibility index (Phi) is 5.38. The molecule has 0 radical (unpaired) electrons. The SMILES string of the molecule is COC(=O)CCN1CCc2cc(CC(C)[N+](=O)[O-])cc(C(N)=O)c21. The largest absolute Gasteiger partial charge is 0.469 e. The fourth-order valence-electron chi connectivity index (χ4n) is 2.97. The van der Waals surface area contributed by atoms with E-state index in [0.29, 0.717) is 25.1 Å². The van der Waals surface area contributed by atoms with Crippen molar-refractivity contribution in [2.75, 3.05) is 25.1 Å². The van der Waals surface area contributed by atoms with Crippen molar-refractivity contribution in [3.05, 3.63) is 38.9 Å². The van der Waals surface area contributed by atoms with Crippen molar-refractivity contribution in [3.8, 4) is 0 Å². The van der Waals surface area contributed by atoms with E-state index >= 15 is 0 Å². The van der Waals surface area contributed by atoms with Crippen LogP contribution < -0.4 is 10.6 Å². The van der Waals surface area contributed by atoms with Crippen molar-refractivity contribution in [1.82, 2.24) is 0 Å². The van der Waals surface area contributed by atoms with Crippen molar-refractivity contribution < 1.29 is 19.2 Å². The number of esters is 1. The molecular weight excluding hydrogens is 314 g/mol. The quantitative estimate of drug-likeness (QED) is 0.450. The number of nitrogens with two attached hydrogens (primary N) is 1. The van der Waals surface area contributed by atoms with Crippen molar-refractivity contribution in [1.29, 1.82) is 0 Å². The fraction of sp³-hybridized carbons (Fsp3) is 0.500. The van der Waals surface area contributed by atoms with Crippen LogP contribution in [0.3, 0.4) is 0 Å². The first-order valence-corrected chi connectivity index (χ1v) is 7.74. The highest BCUT2D eigenvalue weighted by Crippen LogP contribution is 2.33. The lowest BCUT2D eigenvalue weighted by Gasteiger charge is -2.21. The van der Waals surface area contributed by atoms with Crippen molar-refractivity contribution >= 4 is 17.6 Å². The Morgan fingerprint density at radius 3 is 2.75 bits per heavy atom. The lowest BCUT2D eigenvalue weighted by atomic mass is 9.98. The third-order valence-electron chi connectivity index (χ3n) is 4.19. The molecule has 8 nitrogen and oxygen atoms in total. The van der Waals surface area contributed by atoms with Gasteiger partial charge in [-0.2, -0.15) is 0 Å². The summed E-state index contributed by atoms with van der Waals surface area (Å²) in [4.78, 5) is 35.6. The summed E-state index contributed by atoms with van der Waals surface area (Å²) in [6, 6.07) is 2.78. The summed E-state index contributed by atoms with van der Waals surface area (Å²) < 4.78 is 4.64. The highest BCUT2D eigenvalue weighted by molar-refractivity contribution is 6.00. The van der Waals surface area contributed by atoms with Gasteiger partial charge in [-0.3, -0.25) is 19.7 Å². The average Bonchev–Trinajstić information content (AvgIpc) is 2.94. The number of methoxy groups -OCH3 is 1. The van der Waals surface area contributed by atoms with E-state index < -0.39 is 11.9 Å². The molecule has 0 spiro atoms. The normalized spacial score (nSPS) is 14.2. The molecule has 8 heteroatoms. The van der Waals surface area contributed by atoms with E-state index in [-0.39, 0.29) is 23.7 Å². The van der Waals surface area contributed by atoms with Gasteiger partial charge in [0.15, 0.2) is 0 Å². The van der Waals surface area contributed by atoms with Gasteiger partial charge in [-0.1, -0.05) is 6.07 Å². The van der Waals surface area contributed by atoms with Crippen LogP contribution in [0.5, 0.6) is 0 Å². The standard InChI is InChI=1S/C16H21N3O5/c1-10(19(22)23)7-11-8-12-3-5-18(6-4-14(20)24-2)15(12)13(9-11)16(17)21/h8-10H,3-7H2,1-2H3,(H2,17,21). The summed E-state index contributed by atoms with van der Waals surface area (Å²) in [6.07, 6.45) is 1.16. The van der Waals surface area contributed by atoms with Gasteiger partial charge in [0.25, 0.3) is 5.91 Å². The zero-order chi connectivity index (χ0) is 17.9. The molecule has 1 aliphatic heterocycles. The molecule has 1 unspecified atom stereocenters. The number of nitro groups is 1. The number of anilines is 1. The molecule has 2 rings (SSSR count). The highest BCUT2D eigenvalue weighted by atomic mass is 16.6. The van der Waals surface area contributed by atoms with Gasteiger partial charge < -0.3 is 15.4 Å². The molecule has 1 aliphatic rings. The molecule has 0 bridgehead atoms. The summed E-state index contributed by atoms with van der Waals surface area (Å²) in [5, 5.41) is 10.8. The predicted octanol–water partition coefficient (Wildman–Crippen LogP) is 0.919. The molecule has 130 valence electrons. The van der Waals surface area contributed by atoms with Crippen molar-refractivity contribution in [2.24, 2.45) is 5.73 Å². The van der Waals surface area contributed by atoms with Gasteiger partial charge in [-0.05, 0) is 23.6 Å². The second-order valence-corrected chi connectivity index (χ2v) is 5.92. The average molecular weight is 335 g/mol. The third-order valence-corrected chi connectivity index (χ3v) is 4.19. The number of carbonyl (C=O) groups excluding carboxylic acids is 2. The summed E-state index contributed by atoms with van der Waals surface area (Å²) in [6.45, 7) is 2.63. The van der Waals surface area contributed by atoms with Crippen LogP contribution in [0.15, 0.2) is 12.1 Å².